The van der Waals surface area contributed by atoms with Gasteiger partial charge in [-0.2, -0.15) is 0 Å². The van der Waals surface area contributed by atoms with Crippen LogP contribution in [0.1, 0.15) is 51.4 Å². The summed E-state index contributed by atoms with van der Waals surface area (Å²) < 4.78 is 15.4. The molecule has 0 atom stereocenters. The van der Waals surface area contributed by atoms with Gasteiger partial charge < -0.3 is 19.3 Å². The van der Waals surface area contributed by atoms with Crippen molar-refractivity contribution < 1.29 is 19.3 Å². The quantitative estimate of drug-likeness (QED) is 0.303. The van der Waals surface area contributed by atoms with E-state index in [9.17, 15) is 0 Å². The standard InChI is InChI=1S/C16H30O4/c1-18-14-15-20-16-19-13-11-9-7-5-3-2-4-6-8-10-12-17/h17H,2-5,7,9-16H2,1H3. The summed E-state index contributed by atoms with van der Waals surface area (Å²) in [5.41, 5.74) is 0. The van der Waals surface area contributed by atoms with E-state index in [-0.39, 0.29) is 6.61 Å². The molecule has 0 saturated heterocycles. The van der Waals surface area contributed by atoms with Crippen LogP contribution in [0.4, 0.5) is 0 Å². The molecule has 0 aliphatic heterocycles. The van der Waals surface area contributed by atoms with Crippen LogP contribution in [0.5, 0.6) is 0 Å². The molecule has 4 heteroatoms. The molecule has 20 heavy (non-hydrogen) atoms. The summed E-state index contributed by atoms with van der Waals surface area (Å²) in [5, 5.41) is 8.56. The first-order valence-electron chi connectivity index (χ1n) is 7.62. The van der Waals surface area contributed by atoms with Crippen molar-refractivity contribution in [3.05, 3.63) is 0 Å². The lowest BCUT2D eigenvalue weighted by molar-refractivity contribution is -0.0664. The zero-order valence-corrected chi connectivity index (χ0v) is 12.9. The molecule has 0 aromatic rings. The fraction of sp³-hybridized carbons (Fsp3) is 0.875. The molecule has 0 bridgehead atoms. The van der Waals surface area contributed by atoms with Gasteiger partial charge in [-0.25, -0.2) is 0 Å². The number of ether oxygens (including phenoxy) is 3. The van der Waals surface area contributed by atoms with Crippen LogP contribution in [0, 0.1) is 11.8 Å². The zero-order chi connectivity index (χ0) is 14.7. The van der Waals surface area contributed by atoms with Gasteiger partial charge in [0.05, 0.1) is 19.8 Å². The van der Waals surface area contributed by atoms with Gasteiger partial charge in [0.25, 0.3) is 0 Å². The second-order valence-corrected chi connectivity index (χ2v) is 4.63. The summed E-state index contributed by atoms with van der Waals surface area (Å²) >= 11 is 0. The molecule has 0 radical (unpaired) electrons. The third-order valence-electron chi connectivity index (χ3n) is 2.80. The van der Waals surface area contributed by atoms with Gasteiger partial charge in [0, 0.05) is 26.6 Å². The maximum absolute atomic E-state index is 8.56. The van der Waals surface area contributed by atoms with Crippen LogP contribution in [-0.4, -0.2) is 45.4 Å². The zero-order valence-electron chi connectivity index (χ0n) is 12.9. The average molecular weight is 286 g/mol. The highest BCUT2D eigenvalue weighted by molar-refractivity contribution is 4.98. The molecule has 0 heterocycles. The Bertz CT molecular complexity index is 232. The molecule has 0 aromatic carbocycles. The SMILES string of the molecule is COCCOCOCCCCCCCCC#CCCO. The van der Waals surface area contributed by atoms with E-state index >= 15 is 0 Å². The first-order valence-corrected chi connectivity index (χ1v) is 7.62. The third kappa shape index (κ3) is 17.4. The number of hydrogen-bond donors (Lipinski definition) is 1. The van der Waals surface area contributed by atoms with Crippen molar-refractivity contribution in [3.8, 4) is 11.8 Å². The fourth-order valence-corrected chi connectivity index (χ4v) is 1.68. The average Bonchev–Trinajstić information content (AvgIpc) is 2.47. The van der Waals surface area contributed by atoms with Gasteiger partial charge in [-0.3, -0.25) is 0 Å². The monoisotopic (exact) mass is 286 g/mol. The van der Waals surface area contributed by atoms with Crippen LogP contribution in [0.15, 0.2) is 0 Å². The molecule has 0 aliphatic rings. The summed E-state index contributed by atoms with van der Waals surface area (Å²) in [6.45, 7) is 2.54. The predicted octanol–water partition coefficient (Wildman–Crippen LogP) is 2.74. The predicted molar refractivity (Wildman–Crippen MR) is 80.4 cm³/mol. The van der Waals surface area contributed by atoms with Crippen molar-refractivity contribution >= 4 is 0 Å². The molecular formula is C16H30O4. The van der Waals surface area contributed by atoms with Crippen LogP contribution < -0.4 is 0 Å². The van der Waals surface area contributed by atoms with Crippen molar-refractivity contribution in [2.75, 3.05) is 40.3 Å². The Morgan fingerprint density at radius 3 is 2.15 bits per heavy atom. The topological polar surface area (TPSA) is 47.9 Å². The largest absolute Gasteiger partial charge is 0.395 e. The maximum Gasteiger partial charge on any atom is 0.146 e. The molecule has 1 N–H and O–H groups in total. The Morgan fingerprint density at radius 2 is 1.40 bits per heavy atom. The van der Waals surface area contributed by atoms with Crippen LogP contribution >= 0.6 is 0 Å². The molecule has 0 unspecified atom stereocenters. The molecule has 0 amide bonds. The van der Waals surface area contributed by atoms with Gasteiger partial charge in [-0.1, -0.05) is 25.7 Å². The van der Waals surface area contributed by atoms with E-state index in [0.29, 0.717) is 26.4 Å². The molecule has 0 aromatic heterocycles. The molecule has 0 spiro atoms. The summed E-state index contributed by atoms with van der Waals surface area (Å²) in [4.78, 5) is 0. The highest BCUT2D eigenvalue weighted by atomic mass is 16.7. The van der Waals surface area contributed by atoms with E-state index in [1.807, 2.05) is 0 Å². The number of unbranched alkanes of at least 4 members (excludes halogenated alkanes) is 6. The Kier molecular flexibility index (Phi) is 17.8. The lowest BCUT2D eigenvalue weighted by Gasteiger charge is -2.05. The van der Waals surface area contributed by atoms with E-state index in [1.54, 1.807) is 7.11 Å². The summed E-state index contributed by atoms with van der Waals surface area (Å²) in [6, 6.07) is 0. The number of rotatable bonds is 14. The Labute approximate surface area is 123 Å². The van der Waals surface area contributed by atoms with Crippen LogP contribution in [0.3, 0.4) is 0 Å². The van der Waals surface area contributed by atoms with E-state index in [0.717, 1.165) is 19.4 Å². The van der Waals surface area contributed by atoms with Gasteiger partial charge in [0.1, 0.15) is 6.79 Å². The van der Waals surface area contributed by atoms with Gasteiger partial charge >= 0.3 is 0 Å². The number of methoxy groups -OCH3 is 1. The number of aliphatic hydroxyl groups is 1. The lowest BCUT2D eigenvalue weighted by atomic mass is 10.1. The third-order valence-corrected chi connectivity index (χ3v) is 2.80. The minimum atomic E-state index is 0.173. The lowest BCUT2D eigenvalue weighted by Crippen LogP contribution is -2.06. The van der Waals surface area contributed by atoms with Gasteiger partial charge in [-0.05, 0) is 12.8 Å². The second-order valence-electron chi connectivity index (χ2n) is 4.63. The van der Waals surface area contributed by atoms with Crippen molar-refractivity contribution in [1.29, 1.82) is 0 Å². The van der Waals surface area contributed by atoms with Crippen molar-refractivity contribution in [2.24, 2.45) is 0 Å². The number of aliphatic hydroxyl groups excluding tert-OH is 1. The molecule has 0 rings (SSSR count). The molecule has 0 saturated carbocycles. The summed E-state index contributed by atoms with van der Waals surface area (Å²) in [7, 11) is 1.66. The molecular weight excluding hydrogens is 256 g/mol. The number of hydrogen-bond acceptors (Lipinski definition) is 4. The first kappa shape index (κ1) is 19.4. The Balaban J connectivity index is 2.98. The maximum atomic E-state index is 8.56. The van der Waals surface area contributed by atoms with E-state index in [4.69, 9.17) is 19.3 Å². The van der Waals surface area contributed by atoms with E-state index in [2.05, 4.69) is 11.8 Å². The van der Waals surface area contributed by atoms with Gasteiger partial charge in [0.2, 0.25) is 0 Å². The molecule has 0 aliphatic carbocycles. The summed E-state index contributed by atoms with van der Waals surface area (Å²) in [6.07, 6.45) is 8.83. The smallest absolute Gasteiger partial charge is 0.146 e. The van der Waals surface area contributed by atoms with Crippen molar-refractivity contribution in [3.63, 3.8) is 0 Å². The molecule has 118 valence electrons. The minimum absolute atomic E-state index is 0.173. The highest BCUT2D eigenvalue weighted by Gasteiger charge is 1.92. The first-order chi connectivity index (χ1) is 9.91. The van der Waals surface area contributed by atoms with Gasteiger partial charge in [0.15, 0.2) is 0 Å². The van der Waals surface area contributed by atoms with Crippen LogP contribution in [0.25, 0.3) is 0 Å². The fourth-order valence-electron chi connectivity index (χ4n) is 1.68. The van der Waals surface area contributed by atoms with Gasteiger partial charge in [-0.15, -0.1) is 11.8 Å². The van der Waals surface area contributed by atoms with E-state index < -0.39 is 0 Å². The highest BCUT2D eigenvalue weighted by Crippen LogP contribution is 2.06. The summed E-state index contributed by atoms with van der Waals surface area (Å²) in [5.74, 6) is 6.02. The van der Waals surface area contributed by atoms with E-state index in [1.165, 1.54) is 32.1 Å². The van der Waals surface area contributed by atoms with Crippen molar-refractivity contribution in [2.45, 2.75) is 51.4 Å². The Hall–Kier alpha value is -0.600. The molecule has 4 nitrogen and oxygen atoms in total. The Morgan fingerprint density at radius 1 is 0.750 bits per heavy atom. The van der Waals surface area contributed by atoms with Crippen molar-refractivity contribution in [1.82, 2.24) is 0 Å². The van der Waals surface area contributed by atoms with Crippen LogP contribution in [0.2, 0.25) is 0 Å². The second kappa shape index (κ2) is 18.4. The molecule has 0 fully saturated rings. The minimum Gasteiger partial charge on any atom is -0.395 e. The van der Waals surface area contributed by atoms with Crippen LogP contribution in [-0.2, 0) is 14.2 Å². The normalized spacial score (nSPS) is 10.3.